The van der Waals surface area contributed by atoms with Crippen LogP contribution in [0.2, 0.25) is 0 Å². The minimum absolute atomic E-state index is 0.489. The third-order valence-electron chi connectivity index (χ3n) is 2.83. The Labute approximate surface area is 108 Å². The van der Waals surface area contributed by atoms with Gasteiger partial charge in [-0.3, -0.25) is 4.98 Å². The lowest BCUT2D eigenvalue weighted by Crippen LogP contribution is -2.04. The van der Waals surface area contributed by atoms with Crippen LogP contribution in [0.4, 0.5) is 0 Å². The second-order valence-corrected chi connectivity index (χ2v) is 4.43. The Morgan fingerprint density at radius 1 is 1.22 bits per heavy atom. The molecule has 0 aliphatic rings. The number of pyridine rings is 1. The maximum absolute atomic E-state index is 5.88. The highest BCUT2D eigenvalue weighted by atomic mass is 16.5. The van der Waals surface area contributed by atoms with E-state index in [4.69, 9.17) is 10.5 Å². The first-order valence-electron chi connectivity index (χ1n) is 6.02. The Bertz CT molecular complexity index is 538. The van der Waals surface area contributed by atoms with Crippen molar-refractivity contribution < 1.29 is 4.74 Å². The summed E-state index contributed by atoms with van der Waals surface area (Å²) in [7, 11) is 0. The van der Waals surface area contributed by atoms with Gasteiger partial charge in [-0.05, 0) is 31.0 Å². The summed E-state index contributed by atoms with van der Waals surface area (Å²) in [5.74, 6) is 0.890. The number of nitrogens with two attached hydrogens (primary N) is 1. The Morgan fingerprint density at radius 3 is 2.78 bits per heavy atom. The molecule has 0 saturated carbocycles. The highest BCUT2D eigenvalue weighted by molar-refractivity contribution is 5.40. The molecule has 2 rings (SSSR count). The molecule has 0 unspecified atom stereocenters. The van der Waals surface area contributed by atoms with Gasteiger partial charge in [0, 0.05) is 30.1 Å². The van der Waals surface area contributed by atoms with Gasteiger partial charge in [-0.1, -0.05) is 18.2 Å². The monoisotopic (exact) mass is 242 g/mol. The van der Waals surface area contributed by atoms with Crippen molar-refractivity contribution in [1.29, 1.82) is 0 Å². The van der Waals surface area contributed by atoms with Crippen LogP contribution in [0.1, 0.15) is 22.3 Å². The quantitative estimate of drug-likeness (QED) is 0.896. The summed E-state index contributed by atoms with van der Waals surface area (Å²) in [5, 5.41) is 0. The molecule has 1 aromatic heterocycles. The van der Waals surface area contributed by atoms with Gasteiger partial charge in [0.2, 0.25) is 0 Å². The van der Waals surface area contributed by atoms with Crippen LogP contribution in [-0.2, 0) is 13.2 Å². The average molecular weight is 242 g/mol. The van der Waals surface area contributed by atoms with E-state index in [9.17, 15) is 0 Å². The van der Waals surface area contributed by atoms with Gasteiger partial charge in [0.05, 0.1) is 0 Å². The minimum Gasteiger partial charge on any atom is -0.488 e. The number of hydrogen-bond acceptors (Lipinski definition) is 3. The summed E-state index contributed by atoms with van der Waals surface area (Å²) in [4.78, 5) is 4.16. The molecule has 18 heavy (non-hydrogen) atoms. The molecule has 0 radical (unpaired) electrons. The van der Waals surface area contributed by atoms with E-state index < -0.39 is 0 Å². The standard InChI is InChI=1S/C15H18N2O/c1-11-6-13(9-17-8-11)10-18-15-12(2)4-3-5-14(15)7-16/h3-6,8-9H,7,10,16H2,1-2H3. The second-order valence-electron chi connectivity index (χ2n) is 4.43. The van der Waals surface area contributed by atoms with Crippen LogP contribution >= 0.6 is 0 Å². The van der Waals surface area contributed by atoms with Crippen molar-refractivity contribution in [2.45, 2.75) is 27.0 Å². The summed E-state index contributed by atoms with van der Waals surface area (Å²) >= 11 is 0. The third-order valence-corrected chi connectivity index (χ3v) is 2.83. The molecule has 0 saturated heterocycles. The number of rotatable bonds is 4. The summed E-state index contributed by atoms with van der Waals surface area (Å²) in [6, 6.07) is 8.10. The molecular formula is C15H18N2O. The summed E-state index contributed by atoms with van der Waals surface area (Å²) in [5.41, 5.74) is 10.1. The SMILES string of the molecule is Cc1cncc(COc2c(C)cccc2CN)c1. The first kappa shape index (κ1) is 12.6. The summed E-state index contributed by atoms with van der Waals surface area (Å²) < 4.78 is 5.88. The molecule has 0 fully saturated rings. The van der Waals surface area contributed by atoms with Gasteiger partial charge in [-0.25, -0.2) is 0 Å². The van der Waals surface area contributed by atoms with E-state index in [-0.39, 0.29) is 0 Å². The summed E-state index contributed by atoms with van der Waals surface area (Å²) in [6.07, 6.45) is 3.66. The van der Waals surface area contributed by atoms with Gasteiger partial charge in [-0.2, -0.15) is 0 Å². The van der Waals surface area contributed by atoms with Crippen molar-refractivity contribution in [2.75, 3.05) is 0 Å². The zero-order valence-electron chi connectivity index (χ0n) is 10.8. The number of benzene rings is 1. The van der Waals surface area contributed by atoms with Crippen LogP contribution < -0.4 is 10.5 Å². The number of hydrogen-bond donors (Lipinski definition) is 1. The largest absolute Gasteiger partial charge is 0.488 e. The second kappa shape index (κ2) is 5.65. The molecule has 0 spiro atoms. The number of para-hydroxylation sites is 1. The van der Waals surface area contributed by atoms with Gasteiger partial charge in [0.1, 0.15) is 12.4 Å². The fraction of sp³-hybridized carbons (Fsp3) is 0.267. The predicted octanol–water partition coefficient (Wildman–Crippen LogP) is 2.74. The van der Waals surface area contributed by atoms with Crippen LogP contribution in [0.3, 0.4) is 0 Å². The van der Waals surface area contributed by atoms with Crippen molar-refractivity contribution in [3.8, 4) is 5.75 Å². The molecule has 1 heterocycles. The predicted molar refractivity (Wildman–Crippen MR) is 72.4 cm³/mol. The average Bonchev–Trinajstić information content (AvgIpc) is 2.37. The van der Waals surface area contributed by atoms with Gasteiger partial charge in [-0.15, -0.1) is 0 Å². The minimum atomic E-state index is 0.489. The normalized spacial score (nSPS) is 10.4. The van der Waals surface area contributed by atoms with Gasteiger partial charge in [0.15, 0.2) is 0 Å². The Kier molecular flexibility index (Phi) is 3.95. The molecule has 0 amide bonds. The molecule has 0 atom stereocenters. The molecule has 2 N–H and O–H groups in total. The van der Waals surface area contributed by atoms with Crippen molar-refractivity contribution in [3.05, 3.63) is 58.9 Å². The molecule has 3 heteroatoms. The zero-order chi connectivity index (χ0) is 13.0. The molecule has 3 nitrogen and oxygen atoms in total. The third kappa shape index (κ3) is 2.87. The fourth-order valence-corrected chi connectivity index (χ4v) is 1.93. The molecule has 0 bridgehead atoms. The highest BCUT2D eigenvalue weighted by Crippen LogP contribution is 2.24. The molecule has 1 aromatic carbocycles. The van der Waals surface area contributed by atoms with Crippen LogP contribution in [0.5, 0.6) is 5.75 Å². The lowest BCUT2D eigenvalue weighted by Gasteiger charge is -2.13. The van der Waals surface area contributed by atoms with Gasteiger partial charge >= 0.3 is 0 Å². The Morgan fingerprint density at radius 2 is 2.06 bits per heavy atom. The molecule has 0 aliphatic heterocycles. The van der Waals surface area contributed by atoms with E-state index >= 15 is 0 Å². The fourth-order valence-electron chi connectivity index (χ4n) is 1.93. The van der Waals surface area contributed by atoms with Crippen molar-refractivity contribution in [3.63, 3.8) is 0 Å². The first-order valence-corrected chi connectivity index (χ1v) is 6.02. The van der Waals surface area contributed by atoms with Crippen LogP contribution in [-0.4, -0.2) is 4.98 Å². The molecule has 94 valence electrons. The Hall–Kier alpha value is -1.87. The lowest BCUT2D eigenvalue weighted by molar-refractivity contribution is 0.300. The number of aryl methyl sites for hydroxylation is 2. The van der Waals surface area contributed by atoms with Gasteiger partial charge < -0.3 is 10.5 Å². The van der Waals surface area contributed by atoms with E-state index in [0.717, 1.165) is 28.0 Å². The van der Waals surface area contributed by atoms with E-state index in [1.54, 1.807) is 0 Å². The lowest BCUT2D eigenvalue weighted by atomic mass is 10.1. The number of aromatic nitrogens is 1. The maximum Gasteiger partial charge on any atom is 0.127 e. The van der Waals surface area contributed by atoms with Crippen molar-refractivity contribution in [2.24, 2.45) is 5.73 Å². The Balaban J connectivity index is 2.15. The maximum atomic E-state index is 5.88. The van der Waals surface area contributed by atoms with E-state index in [0.29, 0.717) is 13.2 Å². The van der Waals surface area contributed by atoms with Crippen LogP contribution in [0.25, 0.3) is 0 Å². The first-order chi connectivity index (χ1) is 8.70. The van der Waals surface area contributed by atoms with Crippen LogP contribution in [0.15, 0.2) is 36.7 Å². The number of nitrogens with zero attached hydrogens (tertiary/aromatic N) is 1. The molecular weight excluding hydrogens is 224 g/mol. The molecule has 2 aromatic rings. The summed E-state index contributed by atoms with van der Waals surface area (Å²) in [6.45, 7) is 5.06. The van der Waals surface area contributed by atoms with Crippen LogP contribution in [0, 0.1) is 13.8 Å². The van der Waals surface area contributed by atoms with E-state index in [1.165, 1.54) is 0 Å². The topological polar surface area (TPSA) is 48.1 Å². The smallest absolute Gasteiger partial charge is 0.127 e. The van der Waals surface area contributed by atoms with Crippen molar-refractivity contribution in [1.82, 2.24) is 4.98 Å². The molecule has 0 aliphatic carbocycles. The zero-order valence-corrected chi connectivity index (χ0v) is 10.8. The van der Waals surface area contributed by atoms with Crippen molar-refractivity contribution >= 4 is 0 Å². The van der Waals surface area contributed by atoms with E-state index in [1.807, 2.05) is 44.4 Å². The highest BCUT2D eigenvalue weighted by Gasteiger charge is 2.06. The van der Waals surface area contributed by atoms with E-state index in [2.05, 4.69) is 11.1 Å². The van der Waals surface area contributed by atoms with Gasteiger partial charge in [0.25, 0.3) is 0 Å². The number of ether oxygens (including phenoxy) is 1.